The van der Waals surface area contributed by atoms with Crippen molar-refractivity contribution >= 4 is 5.78 Å². The molecule has 0 amide bonds. The van der Waals surface area contributed by atoms with E-state index >= 15 is 0 Å². The lowest BCUT2D eigenvalue weighted by molar-refractivity contribution is 0.101. The maximum absolute atomic E-state index is 13.0. The van der Waals surface area contributed by atoms with E-state index in [1.165, 1.54) is 19.1 Å². The van der Waals surface area contributed by atoms with Gasteiger partial charge in [-0.2, -0.15) is 0 Å². The van der Waals surface area contributed by atoms with Gasteiger partial charge in [-0.3, -0.25) is 4.79 Å². The van der Waals surface area contributed by atoms with Gasteiger partial charge in [-0.05, 0) is 24.6 Å². The third-order valence-corrected chi connectivity index (χ3v) is 1.72. The molecule has 0 spiro atoms. The smallest absolute Gasteiger partial charge is 0.162 e. The average molecular weight is 182 g/mol. The van der Waals surface area contributed by atoms with Crippen molar-refractivity contribution in [2.45, 2.75) is 13.5 Å². The summed E-state index contributed by atoms with van der Waals surface area (Å²) in [6, 6.07) is 4.40. The number of Topliss-reactive ketones (excluding diaryl/α,β-unsaturated/α-hetero) is 1. The van der Waals surface area contributed by atoms with Crippen LogP contribution in [0.15, 0.2) is 18.2 Å². The fourth-order valence-corrected chi connectivity index (χ4v) is 1.10. The summed E-state index contributed by atoms with van der Waals surface area (Å²) in [4.78, 5) is 10.9. The van der Waals surface area contributed by atoms with Crippen molar-refractivity contribution < 1.29 is 13.9 Å². The van der Waals surface area contributed by atoms with E-state index < -0.39 is 5.82 Å². The number of hydrogen-bond acceptors (Lipinski definition) is 2. The molecule has 0 fully saturated rings. The second-order valence-electron chi connectivity index (χ2n) is 2.80. The molecule has 0 saturated carbocycles. The summed E-state index contributed by atoms with van der Waals surface area (Å²) < 4.78 is 17.9. The van der Waals surface area contributed by atoms with E-state index in [0.29, 0.717) is 6.61 Å². The molecule has 0 unspecified atom stereocenters. The van der Waals surface area contributed by atoms with Gasteiger partial charge in [0, 0.05) is 7.11 Å². The molecule has 1 aromatic rings. The maximum Gasteiger partial charge on any atom is 0.162 e. The minimum atomic E-state index is -0.479. The lowest BCUT2D eigenvalue weighted by Gasteiger charge is -2.02. The second kappa shape index (κ2) is 4.14. The van der Waals surface area contributed by atoms with E-state index in [9.17, 15) is 9.18 Å². The van der Waals surface area contributed by atoms with Gasteiger partial charge in [-0.25, -0.2) is 4.39 Å². The van der Waals surface area contributed by atoms with Gasteiger partial charge in [0.05, 0.1) is 12.2 Å². The predicted octanol–water partition coefficient (Wildman–Crippen LogP) is 2.17. The Morgan fingerprint density at radius 2 is 2.23 bits per heavy atom. The molecule has 0 saturated heterocycles. The summed E-state index contributed by atoms with van der Waals surface area (Å²) in [6.07, 6.45) is 0. The van der Waals surface area contributed by atoms with Gasteiger partial charge in [-0.15, -0.1) is 0 Å². The lowest BCUT2D eigenvalue weighted by Crippen LogP contribution is -1.99. The van der Waals surface area contributed by atoms with Gasteiger partial charge < -0.3 is 4.74 Å². The molecule has 1 rings (SSSR count). The monoisotopic (exact) mass is 182 g/mol. The third-order valence-electron chi connectivity index (χ3n) is 1.72. The summed E-state index contributed by atoms with van der Waals surface area (Å²) in [5, 5.41) is 0. The topological polar surface area (TPSA) is 26.3 Å². The van der Waals surface area contributed by atoms with Crippen molar-refractivity contribution in [2.24, 2.45) is 0 Å². The van der Waals surface area contributed by atoms with E-state index in [1.54, 1.807) is 13.2 Å². The van der Waals surface area contributed by atoms with Crippen LogP contribution in [0.3, 0.4) is 0 Å². The number of carbonyl (C=O) groups is 1. The van der Waals surface area contributed by atoms with Crippen molar-refractivity contribution in [3.05, 3.63) is 35.1 Å². The first kappa shape index (κ1) is 9.86. The van der Waals surface area contributed by atoms with E-state index in [0.717, 1.165) is 5.56 Å². The number of ketones is 1. The van der Waals surface area contributed by atoms with Crippen LogP contribution in [0.5, 0.6) is 0 Å². The average Bonchev–Trinajstić information content (AvgIpc) is 2.08. The number of carbonyl (C=O) groups excluding carboxylic acids is 1. The molecule has 0 N–H and O–H groups in total. The van der Waals surface area contributed by atoms with Crippen molar-refractivity contribution in [2.75, 3.05) is 7.11 Å². The molecule has 2 nitrogen and oxygen atoms in total. The molecule has 0 atom stereocenters. The molecule has 70 valence electrons. The number of methoxy groups -OCH3 is 1. The van der Waals surface area contributed by atoms with E-state index in [-0.39, 0.29) is 11.3 Å². The first-order valence-corrected chi connectivity index (χ1v) is 3.93. The fraction of sp³-hybridized carbons (Fsp3) is 0.300. The standard InChI is InChI=1S/C10H11FO2/c1-7(12)9-5-8(6-13-2)3-4-10(9)11/h3-5H,6H2,1-2H3. The van der Waals surface area contributed by atoms with Crippen molar-refractivity contribution in [3.8, 4) is 0 Å². The molecular formula is C10H11FO2. The predicted molar refractivity (Wildman–Crippen MR) is 47.1 cm³/mol. The molecule has 0 heterocycles. The largest absolute Gasteiger partial charge is 0.380 e. The minimum absolute atomic E-state index is 0.120. The summed E-state index contributed by atoms with van der Waals surface area (Å²) in [5.74, 6) is -0.747. The third kappa shape index (κ3) is 2.36. The number of rotatable bonds is 3. The quantitative estimate of drug-likeness (QED) is 0.669. The first-order chi connectivity index (χ1) is 6.15. The highest BCUT2D eigenvalue weighted by Gasteiger charge is 2.07. The van der Waals surface area contributed by atoms with Crippen molar-refractivity contribution in [3.63, 3.8) is 0 Å². The highest BCUT2D eigenvalue weighted by Crippen LogP contribution is 2.11. The van der Waals surface area contributed by atoms with E-state index in [2.05, 4.69) is 0 Å². The van der Waals surface area contributed by atoms with Crippen LogP contribution in [0, 0.1) is 5.82 Å². The number of halogens is 1. The van der Waals surface area contributed by atoms with Gasteiger partial charge in [-0.1, -0.05) is 6.07 Å². The summed E-state index contributed by atoms with van der Waals surface area (Å²) in [6.45, 7) is 1.73. The summed E-state index contributed by atoms with van der Waals surface area (Å²) >= 11 is 0. The van der Waals surface area contributed by atoms with Crippen LogP contribution in [0.25, 0.3) is 0 Å². The molecule has 13 heavy (non-hydrogen) atoms. The fourth-order valence-electron chi connectivity index (χ4n) is 1.10. The number of benzene rings is 1. The van der Waals surface area contributed by atoms with Gasteiger partial charge in [0.15, 0.2) is 5.78 Å². The molecule has 3 heteroatoms. The van der Waals surface area contributed by atoms with Crippen LogP contribution < -0.4 is 0 Å². The van der Waals surface area contributed by atoms with Crippen LogP contribution in [0.1, 0.15) is 22.8 Å². The van der Waals surface area contributed by atoms with E-state index in [4.69, 9.17) is 4.74 Å². The zero-order valence-electron chi connectivity index (χ0n) is 7.63. The van der Waals surface area contributed by atoms with Crippen molar-refractivity contribution in [1.82, 2.24) is 0 Å². The number of hydrogen-bond donors (Lipinski definition) is 0. The second-order valence-corrected chi connectivity index (χ2v) is 2.80. The molecule has 0 aliphatic heterocycles. The molecule has 1 aromatic carbocycles. The molecular weight excluding hydrogens is 171 g/mol. The first-order valence-electron chi connectivity index (χ1n) is 3.93. The lowest BCUT2D eigenvalue weighted by atomic mass is 10.1. The zero-order chi connectivity index (χ0) is 9.84. The van der Waals surface area contributed by atoms with Crippen LogP contribution in [0.2, 0.25) is 0 Å². The molecule has 0 bridgehead atoms. The van der Waals surface area contributed by atoms with Crippen LogP contribution in [-0.2, 0) is 11.3 Å². The Labute approximate surface area is 76.3 Å². The Balaban J connectivity index is 3.04. The van der Waals surface area contributed by atoms with Gasteiger partial charge in [0.1, 0.15) is 5.82 Å². The van der Waals surface area contributed by atoms with Gasteiger partial charge >= 0.3 is 0 Å². The SMILES string of the molecule is COCc1ccc(F)c(C(C)=O)c1. The Hall–Kier alpha value is -1.22. The van der Waals surface area contributed by atoms with Crippen LogP contribution >= 0.6 is 0 Å². The Morgan fingerprint density at radius 3 is 2.77 bits per heavy atom. The Bertz CT molecular complexity index is 321. The van der Waals surface area contributed by atoms with Gasteiger partial charge in [0.25, 0.3) is 0 Å². The Morgan fingerprint density at radius 1 is 1.54 bits per heavy atom. The van der Waals surface area contributed by atoms with Crippen molar-refractivity contribution in [1.29, 1.82) is 0 Å². The van der Waals surface area contributed by atoms with Crippen LogP contribution in [0.4, 0.5) is 4.39 Å². The highest BCUT2D eigenvalue weighted by atomic mass is 19.1. The minimum Gasteiger partial charge on any atom is -0.380 e. The van der Waals surface area contributed by atoms with Crippen LogP contribution in [-0.4, -0.2) is 12.9 Å². The highest BCUT2D eigenvalue weighted by molar-refractivity contribution is 5.94. The summed E-state index contributed by atoms with van der Waals surface area (Å²) in [5.41, 5.74) is 0.920. The van der Waals surface area contributed by atoms with Gasteiger partial charge in [0.2, 0.25) is 0 Å². The molecule has 0 aromatic heterocycles. The molecule has 0 radical (unpaired) electrons. The molecule has 0 aliphatic carbocycles. The molecule has 0 aliphatic rings. The zero-order valence-corrected chi connectivity index (χ0v) is 7.63. The normalized spacial score (nSPS) is 10.1. The maximum atomic E-state index is 13.0. The summed E-state index contributed by atoms with van der Waals surface area (Å²) in [7, 11) is 1.55. The van der Waals surface area contributed by atoms with E-state index in [1.807, 2.05) is 0 Å². The Kier molecular flexibility index (Phi) is 3.14. The number of ether oxygens (including phenoxy) is 1.